The van der Waals surface area contributed by atoms with Crippen molar-refractivity contribution in [2.24, 2.45) is 12.5 Å². The zero-order chi connectivity index (χ0) is 12.5. The van der Waals surface area contributed by atoms with E-state index in [2.05, 4.69) is 27.1 Å². The lowest BCUT2D eigenvalue weighted by Crippen LogP contribution is -2.31. The Kier molecular flexibility index (Phi) is 3.55. The molecule has 0 atom stereocenters. The van der Waals surface area contributed by atoms with Crippen LogP contribution in [0.4, 0.5) is 0 Å². The molecule has 17 heavy (non-hydrogen) atoms. The molecule has 0 amide bonds. The number of hydrogen-bond acceptors (Lipinski definition) is 3. The van der Waals surface area contributed by atoms with Crippen LogP contribution >= 0.6 is 15.9 Å². The quantitative estimate of drug-likeness (QED) is 0.842. The van der Waals surface area contributed by atoms with Gasteiger partial charge >= 0.3 is 0 Å². The first-order valence-electron chi connectivity index (χ1n) is 5.75. The van der Waals surface area contributed by atoms with Crippen LogP contribution in [0.1, 0.15) is 24.2 Å². The molecule has 0 saturated carbocycles. The maximum Gasteiger partial charge on any atom is 0.0738 e. The first kappa shape index (κ1) is 12.6. The van der Waals surface area contributed by atoms with E-state index in [9.17, 15) is 5.26 Å². The van der Waals surface area contributed by atoms with Crippen molar-refractivity contribution < 1.29 is 4.74 Å². The Labute approximate surface area is 110 Å². The molecule has 0 spiro atoms. The van der Waals surface area contributed by atoms with Crippen LogP contribution in [0.3, 0.4) is 0 Å². The topological polar surface area (TPSA) is 50.8 Å². The number of halogens is 1. The number of rotatable bonds is 2. The molecule has 0 unspecified atom stereocenters. The van der Waals surface area contributed by atoms with Gasteiger partial charge in [-0.3, -0.25) is 4.68 Å². The molecule has 92 valence electrons. The van der Waals surface area contributed by atoms with E-state index < -0.39 is 0 Å². The Bertz CT molecular complexity index is 455. The normalized spacial score (nSPS) is 18.9. The lowest BCUT2D eigenvalue weighted by molar-refractivity contribution is 0.0398. The summed E-state index contributed by atoms with van der Waals surface area (Å²) >= 11 is 3.56. The lowest BCUT2D eigenvalue weighted by Gasteiger charge is -2.30. The summed E-state index contributed by atoms with van der Waals surface area (Å²) in [5.74, 6) is 0. The molecular weight excluding hydrogens is 282 g/mol. The third kappa shape index (κ3) is 2.38. The van der Waals surface area contributed by atoms with Crippen LogP contribution in [-0.4, -0.2) is 23.0 Å². The Balaban J connectivity index is 2.27. The second-order valence-electron chi connectivity index (χ2n) is 4.65. The van der Waals surface area contributed by atoms with Crippen molar-refractivity contribution in [1.82, 2.24) is 9.78 Å². The van der Waals surface area contributed by atoms with E-state index in [4.69, 9.17) is 4.74 Å². The lowest BCUT2D eigenvalue weighted by atomic mass is 9.78. The van der Waals surface area contributed by atoms with Crippen LogP contribution < -0.4 is 0 Å². The van der Waals surface area contributed by atoms with Crippen LogP contribution in [0.25, 0.3) is 0 Å². The second kappa shape index (κ2) is 4.79. The van der Waals surface area contributed by atoms with Crippen molar-refractivity contribution in [1.29, 1.82) is 5.26 Å². The first-order chi connectivity index (χ1) is 8.08. The van der Waals surface area contributed by atoms with Crippen LogP contribution in [0.15, 0.2) is 4.47 Å². The highest BCUT2D eigenvalue weighted by Crippen LogP contribution is 2.36. The summed E-state index contributed by atoms with van der Waals surface area (Å²) in [6.07, 6.45) is 2.35. The van der Waals surface area contributed by atoms with Gasteiger partial charge in [-0.15, -0.1) is 0 Å². The summed E-state index contributed by atoms with van der Waals surface area (Å²) in [4.78, 5) is 0. The summed E-state index contributed by atoms with van der Waals surface area (Å²) in [5, 5.41) is 13.8. The SMILES string of the molecule is Cc1nn(C)c(CC2(C#N)CCOCC2)c1Br. The number of hydrogen-bond donors (Lipinski definition) is 0. The number of aromatic nitrogens is 2. The van der Waals surface area contributed by atoms with Gasteiger partial charge in [0.25, 0.3) is 0 Å². The summed E-state index contributed by atoms with van der Waals surface area (Å²) in [5.41, 5.74) is 1.79. The maximum absolute atomic E-state index is 9.44. The van der Waals surface area contributed by atoms with Gasteiger partial charge in [0.15, 0.2) is 0 Å². The summed E-state index contributed by atoms with van der Waals surface area (Å²) in [6.45, 7) is 3.33. The molecule has 1 fully saturated rings. The van der Waals surface area contributed by atoms with Gasteiger partial charge in [-0.1, -0.05) is 0 Å². The molecule has 1 aromatic rings. The minimum absolute atomic E-state index is 0.291. The first-order valence-corrected chi connectivity index (χ1v) is 6.54. The molecule has 0 radical (unpaired) electrons. The number of nitrogens with zero attached hydrogens (tertiary/aromatic N) is 3. The fourth-order valence-electron chi connectivity index (χ4n) is 2.28. The van der Waals surface area contributed by atoms with Gasteiger partial charge in [-0.05, 0) is 35.7 Å². The molecule has 0 aromatic carbocycles. The van der Waals surface area contributed by atoms with Crippen LogP contribution in [0.5, 0.6) is 0 Å². The summed E-state index contributed by atoms with van der Waals surface area (Å²) < 4.78 is 8.24. The average Bonchev–Trinajstić information content (AvgIpc) is 2.57. The van der Waals surface area contributed by atoms with Crippen LogP contribution in [0.2, 0.25) is 0 Å². The highest BCUT2D eigenvalue weighted by Gasteiger charge is 2.34. The second-order valence-corrected chi connectivity index (χ2v) is 5.44. The van der Waals surface area contributed by atoms with Gasteiger partial charge in [0, 0.05) is 26.7 Å². The number of aryl methyl sites for hydroxylation is 2. The van der Waals surface area contributed by atoms with Crippen molar-refractivity contribution in [3.63, 3.8) is 0 Å². The monoisotopic (exact) mass is 297 g/mol. The van der Waals surface area contributed by atoms with Crippen molar-refractivity contribution >= 4 is 15.9 Å². The van der Waals surface area contributed by atoms with Gasteiger partial charge in [0.1, 0.15) is 0 Å². The zero-order valence-electron chi connectivity index (χ0n) is 10.2. The minimum Gasteiger partial charge on any atom is -0.381 e. The predicted octanol–water partition coefficient (Wildman–Crippen LogP) is 2.35. The highest BCUT2D eigenvalue weighted by molar-refractivity contribution is 9.10. The average molecular weight is 298 g/mol. The molecular formula is C12H16BrN3O. The Morgan fingerprint density at radius 1 is 1.53 bits per heavy atom. The van der Waals surface area contributed by atoms with Gasteiger partial charge in [0.05, 0.1) is 27.3 Å². The van der Waals surface area contributed by atoms with E-state index in [0.29, 0.717) is 13.2 Å². The third-order valence-electron chi connectivity index (χ3n) is 3.45. The summed E-state index contributed by atoms with van der Waals surface area (Å²) in [6, 6.07) is 2.49. The van der Waals surface area contributed by atoms with E-state index in [1.54, 1.807) is 0 Å². The molecule has 1 saturated heterocycles. The predicted molar refractivity (Wildman–Crippen MR) is 67.4 cm³/mol. The smallest absolute Gasteiger partial charge is 0.0738 e. The molecule has 5 heteroatoms. The largest absolute Gasteiger partial charge is 0.381 e. The molecule has 4 nitrogen and oxygen atoms in total. The van der Waals surface area contributed by atoms with Gasteiger partial charge in [-0.2, -0.15) is 10.4 Å². The third-order valence-corrected chi connectivity index (χ3v) is 4.49. The fourth-order valence-corrected chi connectivity index (χ4v) is 2.76. The van der Waals surface area contributed by atoms with Gasteiger partial charge < -0.3 is 4.74 Å². The van der Waals surface area contributed by atoms with Gasteiger partial charge in [0.2, 0.25) is 0 Å². The van der Waals surface area contributed by atoms with E-state index in [-0.39, 0.29) is 5.41 Å². The Morgan fingerprint density at radius 3 is 2.65 bits per heavy atom. The van der Waals surface area contributed by atoms with E-state index in [1.807, 2.05) is 18.7 Å². The molecule has 2 heterocycles. The van der Waals surface area contributed by atoms with Crippen molar-refractivity contribution in [3.05, 3.63) is 15.9 Å². The zero-order valence-corrected chi connectivity index (χ0v) is 11.7. The maximum atomic E-state index is 9.44. The fraction of sp³-hybridized carbons (Fsp3) is 0.667. The minimum atomic E-state index is -0.291. The van der Waals surface area contributed by atoms with Crippen molar-refractivity contribution in [2.75, 3.05) is 13.2 Å². The number of nitriles is 1. The van der Waals surface area contributed by atoms with Crippen molar-refractivity contribution in [2.45, 2.75) is 26.2 Å². The molecule has 1 aromatic heterocycles. The van der Waals surface area contributed by atoms with E-state index in [1.165, 1.54) is 0 Å². The Morgan fingerprint density at radius 2 is 2.18 bits per heavy atom. The standard InChI is InChI=1S/C12H16BrN3O/c1-9-11(13)10(16(2)15-9)7-12(8-14)3-5-17-6-4-12/h3-7H2,1-2H3. The molecule has 0 bridgehead atoms. The van der Waals surface area contributed by atoms with Gasteiger partial charge in [-0.25, -0.2) is 0 Å². The molecule has 1 aliphatic rings. The van der Waals surface area contributed by atoms with E-state index in [0.717, 1.165) is 35.1 Å². The number of ether oxygens (including phenoxy) is 1. The highest BCUT2D eigenvalue weighted by atomic mass is 79.9. The molecule has 0 aliphatic carbocycles. The molecule has 2 rings (SSSR count). The van der Waals surface area contributed by atoms with Crippen molar-refractivity contribution in [3.8, 4) is 6.07 Å². The molecule has 1 aliphatic heterocycles. The van der Waals surface area contributed by atoms with Crippen LogP contribution in [0, 0.1) is 23.7 Å². The van der Waals surface area contributed by atoms with Crippen LogP contribution in [-0.2, 0) is 18.2 Å². The summed E-state index contributed by atoms with van der Waals surface area (Å²) in [7, 11) is 1.93. The molecule has 0 N–H and O–H groups in total. The van der Waals surface area contributed by atoms with E-state index >= 15 is 0 Å². The Hall–Kier alpha value is -0.860.